The molecule has 2 rings (SSSR count). The Balaban J connectivity index is 2.23. The third kappa shape index (κ3) is 2.76. The Labute approximate surface area is 111 Å². The summed E-state index contributed by atoms with van der Waals surface area (Å²) in [6.07, 6.45) is 0.209. The number of carbonyl (C=O) groups excluding carboxylic acids is 1. The highest BCUT2D eigenvalue weighted by atomic mass is 35.5. The summed E-state index contributed by atoms with van der Waals surface area (Å²) < 4.78 is 5.43. The predicted molar refractivity (Wildman–Crippen MR) is 69.1 cm³/mol. The summed E-state index contributed by atoms with van der Waals surface area (Å²) >= 11 is 5.90. The fourth-order valence-corrected chi connectivity index (χ4v) is 2.21. The second-order valence-corrected chi connectivity index (χ2v) is 4.70. The maximum Gasteiger partial charge on any atom is 0.257 e. The number of nitrogens with zero attached hydrogens (tertiary/aromatic N) is 1. The second-order valence-electron chi connectivity index (χ2n) is 4.27. The number of hydrogen-bond donors (Lipinski definition) is 1. The van der Waals surface area contributed by atoms with Crippen LogP contribution in [-0.2, 0) is 0 Å². The van der Waals surface area contributed by atoms with E-state index in [1.165, 1.54) is 0 Å². The van der Waals surface area contributed by atoms with Crippen LogP contribution < -0.4 is 4.74 Å². The number of hydrogen-bond acceptors (Lipinski definition) is 3. The van der Waals surface area contributed by atoms with Gasteiger partial charge in [-0.3, -0.25) is 4.79 Å². The third-order valence-corrected chi connectivity index (χ3v) is 3.16. The number of ether oxygens (including phenoxy) is 1. The van der Waals surface area contributed by atoms with E-state index in [0.29, 0.717) is 42.5 Å². The Morgan fingerprint density at radius 2 is 2.39 bits per heavy atom. The lowest BCUT2D eigenvalue weighted by molar-refractivity contribution is 0.0761. The zero-order valence-corrected chi connectivity index (χ0v) is 11.0. The summed E-state index contributed by atoms with van der Waals surface area (Å²) in [5.74, 6) is 0.378. The molecule has 1 aliphatic rings. The second kappa shape index (κ2) is 5.59. The van der Waals surface area contributed by atoms with E-state index in [0.717, 1.165) is 0 Å². The summed E-state index contributed by atoms with van der Waals surface area (Å²) in [6, 6.07) is 4.98. The summed E-state index contributed by atoms with van der Waals surface area (Å²) in [4.78, 5) is 13.9. The van der Waals surface area contributed by atoms with E-state index in [4.69, 9.17) is 16.3 Å². The van der Waals surface area contributed by atoms with Gasteiger partial charge in [0.2, 0.25) is 0 Å². The molecule has 1 heterocycles. The normalized spacial score (nSPS) is 19.1. The molecule has 4 nitrogen and oxygen atoms in total. The van der Waals surface area contributed by atoms with Gasteiger partial charge in [-0.2, -0.15) is 0 Å². The van der Waals surface area contributed by atoms with E-state index in [2.05, 4.69) is 0 Å². The van der Waals surface area contributed by atoms with Crippen molar-refractivity contribution in [3.05, 3.63) is 28.8 Å². The van der Waals surface area contributed by atoms with Gasteiger partial charge in [0.05, 0.1) is 18.3 Å². The van der Waals surface area contributed by atoms with Crippen molar-refractivity contribution >= 4 is 17.5 Å². The smallest absolute Gasteiger partial charge is 0.257 e. The van der Waals surface area contributed by atoms with E-state index in [-0.39, 0.29) is 5.91 Å². The molecule has 1 aromatic rings. The van der Waals surface area contributed by atoms with E-state index in [1.54, 1.807) is 23.1 Å². The Bertz CT molecular complexity index is 450. The van der Waals surface area contributed by atoms with E-state index < -0.39 is 6.10 Å². The molecule has 0 aromatic heterocycles. The number of carbonyl (C=O) groups is 1. The Morgan fingerprint density at radius 1 is 1.61 bits per heavy atom. The average Bonchev–Trinajstić information content (AvgIpc) is 2.76. The number of likely N-dealkylation sites (tertiary alicyclic amines) is 1. The van der Waals surface area contributed by atoms with Gasteiger partial charge >= 0.3 is 0 Å². The molecular weight excluding hydrogens is 254 g/mol. The SMILES string of the molecule is CCOc1cc(Cl)ccc1C(=O)N1CC[C@H](O)C1. The van der Waals surface area contributed by atoms with Crippen LogP contribution in [0.15, 0.2) is 18.2 Å². The van der Waals surface area contributed by atoms with Crippen molar-refractivity contribution in [3.63, 3.8) is 0 Å². The molecule has 5 heteroatoms. The quantitative estimate of drug-likeness (QED) is 0.912. The minimum atomic E-state index is -0.420. The minimum Gasteiger partial charge on any atom is -0.493 e. The standard InChI is InChI=1S/C13H16ClNO3/c1-2-18-12-7-9(14)3-4-11(12)13(17)15-6-5-10(16)8-15/h3-4,7,10,16H,2,5-6,8H2,1H3/t10-/m0/s1. The van der Waals surface area contributed by atoms with Crippen LogP contribution in [0.3, 0.4) is 0 Å². The van der Waals surface area contributed by atoms with Crippen LogP contribution in [0.2, 0.25) is 5.02 Å². The first-order valence-corrected chi connectivity index (χ1v) is 6.39. The van der Waals surface area contributed by atoms with Gasteiger partial charge in [0.25, 0.3) is 5.91 Å². The number of aliphatic hydroxyl groups is 1. The first-order chi connectivity index (χ1) is 8.61. The van der Waals surface area contributed by atoms with E-state index in [1.807, 2.05) is 6.92 Å². The largest absolute Gasteiger partial charge is 0.493 e. The lowest BCUT2D eigenvalue weighted by Crippen LogP contribution is -2.29. The molecule has 1 atom stereocenters. The van der Waals surface area contributed by atoms with Gasteiger partial charge in [-0.15, -0.1) is 0 Å². The third-order valence-electron chi connectivity index (χ3n) is 2.92. The Hall–Kier alpha value is -1.26. The highest BCUT2D eigenvalue weighted by Crippen LogP contribution is 2.26. The maximum atomic E-state index is 12.3. The molecule has 1 aromatic carbocycles. The van der Waals surface area contributed by atoms with Gasteiger partial charge in [-0.25, -0.2) is 0 Å². The summed E-state index contributed by atoms with van der Waals surface area (Å²) in [5.41, 5.74) is 0.496. The molecule has 0 saturated carbocycles. The molecule has 1 saturated heterocycles. The zero-order chi connectivity index (χ0) is 13.1. The minimum absolute atomic E-state index is 0.119. The van der Waals surface area contributed by atoms with E-state index in [9.17, 15) is 9.90 Å². The summed E-state index contributed by atoms with van der Waals surface area (Å²) in [6.45, 7) is 3.29. The van der Waals surface area contributed by atoms with Crippen molar-refractivity contribution in [2.45, 2.75) is 19.4 Å². The first-order valence-electron chi connectivity index (χ1n) is 6.01. The monoisotopic (exact) mass is 269 g/mol. The predicted octanol–water partition coefficient (Wildman–Crippen LogP) is 1.95. The molecule has 0 spiro atoms. The van der Waals surface area contributed by atoms with Gasteiger partial charge in [-0.05, 0) is 31.5 Å². The van der Waals surface area contributed by atoms with E-state index >= 15 is 0 Å². The number of β-amino-alcohol motifs (C(OH)–C–C–N with tert-alkyl or cyclic N) is 1. The van der Waals surface area contributed by atoms with Crippen molar-refractivity contribution in [2.75, 3.05) is 19.7 Å². The molecular formula is C13H16ClNO3. The lowest BCUT2D eigenvalue weighted by atomic mass is 10.1. The maximum absolute atomic E-state index is 12.3. The number of aliphatic hydroxyl groups excluding tert-OH is 1. The van der Waals surface area contributed by atoms with Gasteiger partial charge in [0.15, 0.2) is 0 Å². The molecule has 0 aliphatic carbocycles. The number of amides is 1. The zero-order valence-electron chi connectivity index (χ0n) is 10.2. The van der Waals surface area contributed by atoms with Crippen LogP contribution >= 0.6 is 11.6 Å². The fourth-order valence-electron chi connectivity index (χ4n) is 2.04. The molecule has 1 aliphatic heterocycles. The van der Waals surface area contributed by atoms with Gasteiger partial charge < -0.3 is 14.7 Å². The number of benzene rings is 1. The fraction of sp³-hybridized carbons (Fsp3) is 0.462. The topological polar surface area (TPSA) is 49.8 Å². The molecule has 98 valence electrons. The Morgan fingerprint density at radius 3 is 3.00 bits per heavy atom. The van der Waals surface area contributed by atoms with Crippen molar-refractivity contribution in [1.82, 2.24) is 4.90 Å². The van der Waals surface area contributed by atoms with Crippen molar-refractivity contribution < 1.29 is 14.6 Å². The lowest BCUT2D eigenvalue weighted by Gasteiger charge is -2.18. The summed E-state index contributed by atoms with van der Waals surface area (Å²) in [5, 5.41) is 10.0. The van der Waals surface area contributed by atoms with Crippen LogP contribution in [0.25, 0.3) is 0 Å². The van der Waals surface area contributed by atoms with Crippen LogP contribution in [0, 0.1) is 0 Å². The van der Waals surface area contributed by atoms with Crippen LogP contribution in [0.5, 0.6) is 5.75 Å². The summed E-state index contributed by atoms with van der Waals surface area (Å²) in [7, 11) is 0. The highest BCUT2D eigenvalue weighted by molar-refractivity contribution is 6.30. The molecule has 0 unspecified atom stereocenters. The molecule has 1 amide bonds. The van der Waals surface area contributed by atoms with Crippen LogP contribution in [-0.4, -0.2) is 41.7 Å². The molecule has 0 radical (unpaired) electrons. The molecule has 0 bridgehead atoms. The van der Waals surface area contributed by atoms with Crippen LogP contribution in [0.1, 0.15) is 23.7 Å². The first kappa shape index (κ1) is 13.2. The molecule has 18 heavy (non-hydrogen) atoms. The number of halogens is 1. The van der Waals surface area contributed by atoms with Crippen molar-refractivity contribution in [2.24, 2.45) is 0 Å². The average molecular weight is 270 g/mol. The van der Waals surface area contributed by atoms with Gasteiger partial charge in [0, 0.05) is 18.1 Å². The highest BCUT2D eigenvalue weighted by Gasteiger charge is 2.27. The van der Waals surface area contributed by atoms with Gasteiger partial charge in [0.1, 0.15) is 5.75 Å². The van der Waals surface area contributed by atoms with Crippen molar-refractivity contribution in [3.8, 4) is 5.75 Å². The van der Waals surface area contributed by atoms with Crippen LogP contribution in [0.4, 0.5) is 0 Å². The Kier molecular flexibility index (Phi) is 4.09. The van der Waals surface area contributed by atoms with Crippen molar-refractivity contribution in [1.29, 1.82) is 0 Å². The number of rotatable bonds is 3. The molecule has 1 N–H and O–H groups in total. The van der Waals surface area contributed by atoms with Gasteiger partial charge in [-0.1, -0.05) is 11.6 Å². The molecule has 1 fully saturated rings.